The molecule has 3 rings (SSSR count). The molecule has 1 fully saturated rings. The first kappa shape index (κ1) is 18.9. The van der Waals surface area contributed by atoms with Crippen LogP contribution < -0.4 is 25.8 Å². The number of rotatable bonds is 4. The van der Waals surface area contributed by atoms with Crippen LogP contribution in [0.3, 0.4) is 0 Å². The van der Waals surface area contributed by atoms with Gasteiger partial charge in [-0.25, -0.2) is 4.98 Å². The standard InChI is InChI=1S/C16H21N5O3.ClH/c1-23-12-7-10-11(8-13(12)24-2)19-16(20-14(10)17)21-5-3-9(4-6-21)15(18)22;/h7-9H,3-6H2,1-2H3,(H2,18,22)(H2,17,19,20);1H. The number of nitrogens with two attached hydrogens (primary N) is 2. The molecule has 0 aliphatic carbocycles. The lowest BCUT2D eigenvalue weighted by molar-refractivity contribution is -0.122. The van der Waals surface area contributed by atoms with E-state index in [1.54, 1.807) is 26.4 Å². The van der Waals surface area contributed by atoms with Crippen molar-refractivity contribution in [1.29, 1.82) is 0 Å². The molecule has 2 aromatic rings. The maximum Gasteiger partial charge on any atom is 0.227 e. The van der Waals surface area contributed by atoms with Gasteiger partial charge in [0.2, 0.25) is 11.9 Å². The molecule has 1 aromatic carbocycles. The maximum atomic E-state index is 11.3. The zero-order chi connectivity index (χ0) is 17.3. The van der Waals surface area contributed by atoms with E-state index in [1.807, 2.05) is 4.90 Å². The number of ether oxygens (including phenoxy) is 2. The van der Waals surface area contributed by atoms with Crippen molar-refractivity contribution >= 4 is 41.0 Å². The van der Waals surface area contributed by atoms with Gasteiger partial charge in [0, 0.05) is 30.5 Å². The lowest BCUT2D eigenvalue weighted by Crippen LogP contribution is -2.39. The number of carbonyl (C=O) groups is 1. The van der Waals surface area contributed by atoms with Gasteiger partial charge < -0.3 is 25.8 Å². The van der Waals surface area contributed by atoms with Crippen molar-refractivity contribution in [1.82, 2.24) is 9.97 Å². The summed E-state index contributed by atoms with van der Waals surface area (Å²) in [4.78, 5) is 22.3. The summed E-state index contributed by atoms with van der Waals surface area (Å²) < 4.78 is 10.6. The number of nitrogen functional groups attached to an aromatic ring is 1. The van der Waals surface area contributed by atoms with E-state index in [9.17, 15) is 4.79 Å². The topological polar surface area (TPSA) is 117 Å². The van der Waals surface area contributed by atoms with E-state index in [0.717, 1.165) is 0 Å². The number of piperidine rings is 1. The summed E-state index contributed by atoms with van der Waals surface area (Å²) >= 11 is 0. The third-order valence-electron chi connectivity index (χ3n) is 4.40. The molecule has 0 atom stereocenters. The minimum absolute atomic E-state index is 0. The number of nitrogens with zero attached hydrogens (tertiary/aromatic N) is 3. The van der Waals surface area contributed by atoms with Crippen LogP contribution in [0.25, 0.3) is 10.9 Å². The molecule has 1 aliphatic heterocycles. The summed E-state index contributed by atoms with van der Waals surface area (Å²) in [6.07, 6.45) is 1.39. The van der Waals surface area contributed by atoms with Gasteiger partial charge in [-0.15, -0.1) is 12.4 Å². The Hall–Kier alpha value is -2.48. The molecule has 0 bridgehead atoms. The monoisotopic (exact) mass is 367 g/mol. The predicted octanol–water partition coefficient (Wildman–Crippen LogP) is 1.35. The Bertz CT molecular complexity index is 778. The fourth-order valence-electron chi connectivity index (χ4n) is 2.97. The minimum atomic E-state index is -0.245. The van der Waals surface area contributed by atoms with Crippen LogP contribution in [0.15, 0.2) is 12.1 Å². The van der Waals surface area contributed by atoms with Gasteiger partial charge in [-0.05, 0) is 18.9 Å². The van der Waals surface area contributed by atoms with E-state index in [2.05, 4.69) is 9.97 Å². The van der Waals surface area contributed by atoms with Crippen molar-refractivity contribution in [2.45, 2.75) is 12.8 Å². The van der Waals surface area contributed by atoms with Crippen LogP contribution in [0.5, 0.6) is 11.5 Å². The number of primary amides is 1. The second kappa shape index (κ2) is 7.60. The number of fused-ring (bicyclic) bond motifs is 1. The molecule has 25 heavy (non-hydrogen) atoms. The highest BCUT2D eigenvalue weighted by Crippen LogP contribution is 2.34. The summed E-state index contributed by atoms with van der Waals surface area (Å²) in [5.41, 5.74) is 12.2. The SMILES string of the molecule is COc1cc2nc(N3CCC(C(N)=O)CC3)nc(N)c2cc1OC.Cl. The molecule has 1 aromatic heterocycles. The Kier molecular flexibility index (Phi) is 5.73. The number of aromatic nitrogens is 2. The number of halogens is 1. The van der Waals surface area contributed by atoms with Gasteiger partial charge in [0.05, 0.1) is 19.7 Å². The number of benzene rings is 1. The molecule has 1 amide bonds. The lowest BCUT2D eigenvalue weighted by Gasteiger charge is -2.30. The normalized spacial score (nSPS) is 14.9. The third-order valence-corrected chi connectivity index (χ3v) is 4.40. The Morgan fingerprint density at radius 1 is 1.16 bits per heavy atom. The second-order valence-electron chi connectivity index (χ2n) is 5.80. The van der Waals surface area contributed by atoms with E-state index in [4.69, 9.17) is 20.9 Å². The number of anilines is 2. The van der Waals surface area contributed by atoms with Crippen LogP contribution in [0, 0.1) is 5.92 Å². The van der Waals surface area contributed by atoms with Crippen molar-refractivity contribution in [3.63, 3.8) is 0 Å². The fraction of sp³-hybridized carbons (Fsp3) is 0.438. The molecule has 0 spiro atoms. The molecule has 0 radical (unpaired) electrons. The third kappa shape index (κ3) is 3.63. The molecule has 0 saturated carbocycles. The smallest absolute Gasteiger partial charge is 0.227 e. The van der Waals surface area contributed by atoms with Gasteiger partial charge in [0.1, 0.15) is 5.82 Å². The quantitative estimate of drug-likeness (QED) is 0.837. The van der Waals surface area contributed by atoms with Crippen molar-refractivity contribution in [3.05, 3.63) is 12.1 Å². The average molecular weight is 368 g/mol. The Morgan fingerprint density at radius 2 is 1.76 bits per heavy atom. The van der Waals surface area contributed by atoms with Gasteiger partial charge >= 0.3 is 0 Å². The fourth-order valence-corrected chi connectivity index (χ4v) is 2.97. The van der Waals surface area contributed by atoms with E-state index < -0.39 is 0 Å². The van der Waals surface area contributed by atoms with Crippen LogP contribution in [-0.2, 0) is 4.79 Å². The number of hydrogen-bond acceptors (Lipinski definition) is 7. The molecule has 8 nitrogen and oxygen atoms in total. The first-order valence-corrected chi connectivity index (χ1v) is 7.77. The molecule has 9 heteroatoms. The van der Waals surface area contributed by atoms with Crippen molar-refractivity contribution < 1.29 is 14.3 Å². The summed E-state index contributed by atoms with van der Waals surface area (Å²) in [5.74, 6) is 1.77. The Balaban J connectivity index is 0.00000225. The molecule has 1 saturated heterocycles. The zero-order valence-electron chi connectivity index (χ0n) is 14.2. The van der Waals surface area contributed by atoms with Gasteiger partial charge in [0.25, 0.3) is 0 Å². The van der Waals surface area contributed by atoms with Crippen molar-refractivity contribution in [2.24, 2.45) is 11.7 Å². The molecule has 4 N–H and O–H groups in total. The number of amides is 1. The number of hydrogen-bond donors (Lipinski definition) is 2. The van der Waals surface area contributed by atoms with Crippen LogP contribution in [0.1, 0.15) is 12.8 Å². The average Bonchev–Trinajstić information content (AvgIpc) is 2.60. The Labute approximate surface area is 151 Å². The summed E-state index contributed by atoms with van der Waals surface area (Å²) in [6.45, 7) is 1.34. The highest BCUT2D eigenvalue weighted by Gasteiger charge is 2.25. The van der Waals surface area contributed by atoms with Crippen LogP contribution in [0.4, 0.5) is 11.8 Å². The van der Waals surface area contributed by atoms with Crippen LogP contribution in [0.2, 0.25) is 0 Å². The van der Waals surface area contributed by atoms with Gasteiger partial charge in [-0.3, -0.25) is 4.79 Å². The highest BCUT2D eigenvalue weighted by molar-refractivity contribution is 5.91. The van der Waals surface area contributed by atoms with E-state index in [0.29, 0.717) is 60.1 Å². The minimum Gasteiger partial charge on any atom is -0.493 e. The molecular formula is C16H22ClN5O3. The van der Waals surface area contributed by atoms with E-state index >= 15 is 0 Å². The first-order chi connectivity index (χ1) is 11.5. The van der Waals surface area contributed by atoms with Crippen molar-refractivity contribution in [2.75, 3.05) is 37.9 Å². The van der Waals surface area contributed by atoms with E-state index in [1.165, 1.54) is 0 Å². The molecule has 136 valence electrons. The highest BCUT2D eigenvalue weighted by atomic mass is 35.5. The maximum absolute atomic E-state index is 11.3. The second-order valence-corrected chi connectivity index (χ2v) is 5.80. The lowest BCUT2D eigenvalue weighted by atomic mass is 9.96. The van der Waals surface area contributed by atoms with Gasteiger partial charge in [-0.1, -0.05) is 0 Å². The molecular weight excluding hydrogens is 346 g/mol. The van der Waals surface area contributed by atoms with Crippen LogP contribution >= 0.6 is 12.4 Å². The van der Waals surface area contributed by atoms with Gasteiger partial charge in [0.15, 0.2) is 11.5 Å². The molecule has 2 heterocycles. The van der Waals surface area contributed by atoms with E-state index in [-0.39, 0.29) is 24.2 Å². The zero-order valence-corrected chi connectivity index (χ0v) is 15.0. The summed E-state index contributed by atoms with van der Waals surface area (Å²) in [7, 11) is 3.14. The van der Waals surface area contributed by atoms with Gasteiger partial charge in [-0.2, -0.15) is 4.98 Å². The van der Waals surface area contributed by atoms with Crippen LogP contribution in [-0.4, -0.2) is 43.2 Å². The summed E-state index contributed by atoms with van der Waals surface area (Å²) in [5, 5.41) is 0.712. The number of methoxy groups -OCH3 is 2. The Morgan fingerprint density at radius 3 is 2.32 bits per heavy atom. The predicted molar refractivity (Wildman–Crippen MR) is 98.4 cm³/mol. The van der Waals surface area contributed by atoms with Crippen molar-refractivity contribution in [3.8, 4) is 11.5 Å². The summed E-state index contributed by atoms with van der Waals surface area (Å²) in [6, 6.07) is 3.55. The largest absolute Gasteiger partial charge is 0.493 e. The molecule has 1 aliphatic rings. The molecule has 0 unspecified atom stereocenters. The number of carbonyl (C=O) groups excluding carboxylic acids is 1. The first-order valence-electron chi connectivity index (χ1n) is 7.77.